The minimum absolute atomic E-state index is 0.0307. The van der Waals surface area contributed by atoms with E-state index in [1.54, 1.807) is 6.92 Å². The molecule has 2 saturated heterocycles. The molecule has 4 amide bonds. The van der Waals surface area contributed by atoms with Crippen LogP contribution in [0.4, 0.5) is 4.79 Å². The number of nitrogens with zero attached hydrogens (tertiary/aromatic N) is 1. The molecule has 0 aromatic carbocycles. The number of carbonyl (C=O) groups is 3. The number of rotatable bonds is 6. The molecule has 2 atom stereocenters. The van der Waals surface area contributed by atoms with Crippen LogP contribution >= 0.6 is 0 Å². The van der Waals surface area contributed by atoms with Crippen molar-refractivity contribution in [2.45, 2.75) is 57.0 Å². The van der Waals surface area contributed by atoms with Crippen molar-refractivity contribution in [2.75, 3.05) is 19.6 Å². The minimum atomic E-state index is -0.864. The van der Waals surface area contributed by atoms with Gasteiger partial charge >= 0.3 is 6.03 Å². The van der Waals surface area contributed by atoms with Crippen LogP contribution in [0, 0.1) is 17.8 Å². The van der Waals surface area contributed by atoms with Crippen molar-refractivity contribution in [3.8, 4) is 0 Å². The molecule has 3 N–H and O–H groups in total. The lowest BCUT2D eigenvalue weighted by Gasteiger charge is -2.39. The molecule has 25 heavy (non-hydrogen) atoms. The Kier molecular flexibility index (Phi) is 4.22. The zero-order valence-electron chi connectivity index (χ0n) is 14.8. The third-order valence-electron chi connectivity index (χ3n) is 6.35. The molecule has 2 aliphatic carbocycles. The molecule has 0 aromatic heterocycles. The standard InChI is InChI=1S/C18H28N4O3/c1-18(16(24)20-17(25)21-18)13-3-2-8-22(9-13)10-14(23)19-15(11-4-5-11)12-6-7-12/h11-13,15H,2-10H2,1H3,(H,19,23)(H2,20,21,24,25). The van der Waals surface area contributed by atoms with Crippen molar-refractivity contribution in [2.24, 2.45) is 17.8 Å². The van der Waals surface area contributed by atoms with Gasteiger partial charge in [0.25, 0.3) is 5.91 Å². The lowest BCUT2D eigenvalue weighted by atomic mass is 9.80. The van der Waals surface area contributed by atoms with E-state index in [9.17, 15) is 14.4 Å². The number of carbonyl (C=O) groups excluding carboxylic acids is 3. The number of hydrogen-bond acceptors (Lipinski definition) is 4. The first-order valence-electron chi connectivity index (χ1n) is 9.61. The van der Waals surface area contributed by atoms with Gasteiger partial charge in [0.2, 0.25) is 5.91 Å². The fraction of sp³-hybridized carbons (Fsp3) is 0.833. The predicted octanol–water partition coefficient (Wildman–Crippen LogP) is 0.601. The summed E-state index contributed by atoms with van der Waals surface area (Å²) in [6, 6.07) is -0.0374. The van der Waals surface area contributed by atoms with Gasteiger partial charge in [0, 0.05) is 18.5 Å². The minimum Gasteiger partial charge on any atom is -0.352 e. The molecular formula is C18H28N4O3. The van der Waals surface area contributed by atoms with E-state index >= 15 is 0 Å². The fourth-order valence-corrected chi connectivity index (χ4v) is 4.48. The summed E-state index contributed by atoms with van der Waals surface area (Å²) in [7, 11) is 0. The molecule has 2 unspecified atom stereocenters. The summed E-state index contributed by atoms with van der Waals surface area (Å²) >= 11 is 0. The molecule has 138 valence electrons. The number of piperidine rings is 1. The smallest absolute Gasteiger partial charge is 0.322 e. The summed E-state index contributed by atoms with van der Waals surface area (Å²) in [6.07, 6.45) is 6.82. The SMILES string of the molecule is CC1(C2CCCN(CC(=O)NC(C3CC3)C3CC3)C2)NC(=O)NC1=O. The van der Waals surface area contributed by atoms with Crippen LogP contribution < -0.4 is 16.0 Å². The maximum Gasteiger partial charge on any atom is 0.322 e. The zero-order valence-corrected chi connectivity index (χ0v) is 14.8. The van der Waals surface area contributed by atoms with Gasteiger partial charge < -0.3 is 10.6 Å². The number of nitrogens with one attached hydrogen (secondary N) is 3. The van der Waals surface area contributed by atoms with Gasteiger partial charge in [-0.05, 0) is 63.8 Å². The largest absolute Gasteiger partial charge is 0.352 e. The monoisotopic (exact) mass is 348 g/mol. The molecule has 2 aliphatic heterocycles. The highest BCUT2D eigenvalue weighted by Crippen LogP contribution is 2.44. The highest BCUT2D eigenvalue weighted by atomic mass is 16.2. The van der Waals surface area contributed by atoms with Crippen LogP contribution in [0.15, 0.2) is 0 Å². The van der Waals surface area contributed by atoms with E-state index in [2.05, 4.69) is 20.9 Å². The van der Waals surface area contributed by atoms with E-state index in [0.29, 0.717) is 31.0 Å². The van der Waals surface area contributed by atoms with Gasteiger partial charge in [0.15, 0.2) is 0 Å². The number of urea groups is 1. The summed E-state index contributed by atoms with van der Waals surface area (Å²) < 4.78 is 0. The van der Waals surface area contributed by atoms with Gasteiger partial charge in [-0.3, -0.25) is 19.8 Å². The molecule has 0 spiro atoms. The first-order valence-corrected chi connectivity index (χ1v) is 9.61. The summed E-state index contributed by atoms with van der Waals surface area (Å²) in [5, 5.41) is 8.38. The van der Waals surface area contributed by atoms with Crippen LogP contribution in [-0.2, 0) is 9.59 Å². The highest BCUT2D eigenvalue weighted by molar-refractivity contribution is 6.07. The van der Waals surface area contributed by atoms with Crippen LogP contribution in [0.5, 0.6) is 0 Å². The maximum absolute atomic E-state index is 12.5. The Morgan fingerprint density at radius 3 is 2.48 bits per heavy atom. The van der Waals surface area contributed by atoms with Crippen LogP contribution in [0.3, 0.4) is 0 Å². The summed E-state index contributed by atoms with van der Waals surface area (Å²) in [6.45, 7) is 3.71. The molecule has 2 heterocycles. The van der Waals surface area contributed by atoms with Gasteiger partial charge in [-0.15, -0.1) is 0 Å². The second kappa shape index (κ2) is 6.27. The molecule has 0 aromatic rings. The van der Waals surface area contributed by atoms with E-state index in [0.717, 1.165) is 19.4 Å². The highest BCUT2D eigenvalue weighted by Gasteiger charge is 2.49. The summed E-state index contributed by atoms with van der Waals surface area (Å²) in [5.74, 6) is 1.28. The van der Waals surface area contributed by atoms with E-state index in [4.69, 9.17) is 0 Å². The van der Waals surface area contributed by atoms with E-state index in [-0.39, 0.29) is 17.7 Å². The number of amides is 4. The molecule has 7 nitrogen and oxygen atoms in total. The molecule has 0 bridgehead atoms. The summed E-state index contributed by atoms with van der Waals surface area (Å²) in [4.78, 5) is 38.3. The Morgan fingerprint density at radius 1 is 1.24 bits per heavy atom. The maximum atomic E-state index is 12.5. The average molecular weight is 348 g/mol. The van der Waals surface area contributed by atoms with Crippen molar-refractivity contribution in [1.29, 1.82) is 0 Å². The van der Waals surface area contributed by atoms with Crippen LogP contribution in [0.2, 0.25) is 0 Å². The Morgan fingerprint density at radius 2 is 1.92 bits per heavy atom. The van der Waals surface area contributed by atoms with Crippen LogP contribution in [0.1, 0.15) is 45.4 Å². The Labute approximate surface area is 148 Å². The van der Waals surface area contributed by atoms with E-state index in [1.807, 2.05) is 0 Å². The molecule has 2 saturated carbocycles. The van der Waals surface area contributed by atoms with E-state index in [1.165, 1.54) is 25.7 Å². The summed E-state index contributed by atoms with van der Waals surface area (Å²) in [5.41, 5.74) is -0.864. The second-order valence-corrected chi connectivity index (χ2v) is 8.45. The van der Waals surface area contributed by atoms with Crippen LogP contribution in [-0.4, -0.2) is 54.0 Å². The quantitative estimate of drug-likeness (QED) is 0.613. The first kappa shape index (κ1) is 16.8. The average Bonchev–Trinajstić information content (AvgIpc) is 3.46. The van der Waals surface area contributed by atoms with Gasteiger partial charge in [-0.25, -0.2) is 4.79 Å². The first-order chi connectivity index (χ1) is 12.0. The molecule has 4 aliphatic rings. The van der Waals surface area contributed by atoms with Gasteiger partial charge in [0.1, 0.15) is 5.54 Å². The fourth-order valence-electron chi connectivity index (χ4n) is 4.48. The molecular weight excluding hydrogens is 320 g/mol. The van der Waals surface area contributed by atoms with Crippen molar-refractivity contribution in [3.63, 3.8) is 0 Å². The van der Waals surface area contributed by atoms with Crippen molar-refractivity contribution in [1.82, 2.24) is 20.9 Å². The lowest BCUT2D eigenvalue weighted by molar-refractivity contribution is -0.126. The molecule has 7 heteroatoms. The normalized spacial score (nSPS) is 33.3. The van der Waals surface area contributed by atoms with Gasteiger partial charge in [-0.1, -0.05) is 0 Å². The lowest BCUT2D eigenvalue weighted by Crippen LogP contribution is -2.56. The predicted molar refractivity (Wildman–Crippen MR) is 91.6 cm³/mol. The Hall–Kier alpha value is -1.63. The molecule has 4 rings (SSSR count). The Balaban J connectivity index is 1.32. The van der Waals surface area contributed by atoms with Gasteiger partial charge in [-0.2, -0.15) is 0 Å². The third kappa shape index (κ3) is 3.52. The van der Waals surface area contributed by atoms with E-state index < -0.39 is 11.6 Å². The van der Waals surface area contributed by atoms with Crippen LogP contribution in [0.25, 0.3) is 0 Å². The zero-order chi connectivity index (χ0) is 17.6. The number of imide groups is 1. The van der Waals surface area contributed by atoms with Crippen molar-refractivity contribution < 1.29 is 14.4 Å². The van der Waals surface area contributed by atoms with Gasteiger partial charge in [0.05, 0.1) is 6.54 Å². The van der Waals surface area contributed by atoms with Crippen molar-refractivity contribution >= 4 is 17.8 Å². The number of likely N-dealkylation sites (tertiary alicyclic amines) is 1. The second-order valence-electron chi connectivity index (χ2n) is 8.45. The Bertz CT molecular complexity index is 575. The number of hydrogen-bond donors (Lipinski definition) is 3. The molecule has 0 radical (unpaired) electrons. The third-order valence-corrected chi connectivity index (χ3v) is 6.35. The topological polar surface area (TPSA) is 90.5 Å². The van der Waals surface area contributed by atoms with Crippen molar-refractivity contribution in [3.05, 3.63) is 0 Å². The molecule has 4 fully saturated rings.